The van der Waals surface area contributed by atoms with Crippen molar-refractivity contribution in [3.8, 4) is 0 Å². The fourth-order valence-corrected chi connectivity index (χ4v) is 4.51. The number of sulfonamides is 1. The number of anilines is 1. The summed E-state index contributed by atoms with van der Waals surface area (Å²) in [6.45, 7) is 3.91. The molecule has 0 aliphatic carbocycles. The fourth-order valence-electron chi connectivity index (χ4n) is 1.86. The normalized spacial score (nSPS) is 11.5. The van der Waals surface area contributed by atoms with Crippen molar-refractivity contribution in [1.82, 2.24) is 0 Å². The Morgan fingerprint density at radius 1 is 1.21 bits per heavy atom. The van der Waals surface area contributed by atoms with Gasteiger partial charge in [0.2, 0.25) is 0 Å². The van der Waals surface area contributed by atoms with Gasteiger partial charge in [-0.15, -0.1) is 0 Å². The van der Waals surface area contributed by atoms with Gasteiger partial charge in [0.15, 0.2) is 5.13 Å². The summed E-state index contributed by atoms with van der Waals surface area (Å²) in [5.74, 6) is 0. The van der Waals surface area contributed by atoms with E-state index >= 15 is 0 Å². The highest BCUT2D eigenvalue weighted by atomic mass is 32.2. The van der Waals surface area contributed by atoms with Crippen molar-refractivity contribution >= 4 is 27.0 Å². The summed E-state index contributed by atoms with van der Waals surface area (Å²) in [6.07, 6.45) is 0. The smallest absolute Gasteiger partial charge is 0.266 e. The van der Waals surface area contributed by atoms with E-state index in [1.54, 1.807) is 19.1 Å². The lowest BCUT2D eigenvalue weighted by molar-refractivity contribution is 0.593. The van der Waals surface area contributed by atoms with Gasteiger partial charge in [0.1, 0.15) is 4.21 Å². The Balaban J connectivity index is 2.51. The summed E-state index contributed by atoms with van der Waals surface area (Å²) in [5.41, 5.74) is 1.49. The summed E-state index contributed by atoms with van der Waals surface area (Å²) in [6, 6.07) is 9.71. The molecule has 0 aliphatic rings. The number of para-hydroxylation sites is 1. The lowest BCUT2D eigenvalue weighted by Gasteiger charge is -2.23. The van der Waals surface area contributed by atoms with Gasteiger partial charge in [-0.3, -0.25) is 4.31 Å². The quantitative estimate of drug-likeness (QED) is 0.867. The van der Waals surface area contributed by atoms with Crippen molar-refractivity contribution in [2.75, 3.05) is 10.8 Å². The molecule has 6 heteroatoms. The molecule has 0 atom stereocenters. The van der Waals surface area contributed by atoms with Crippen LogP contribution in [0.15, 0.2) is 40.6 Å². The Labute approximate surface area is 116 Å². The van der Waals surface area contributed by atoms with Gasteiger partial charge in [-0.05, 0) is 37.6 Å². The number of benzene rings is 1. The Morgan fingerprint density at radius 3 is 2.42 bits per heavy atom. The molecule has 0 amide bonds. The molecule has 102 valence electrons. The Kier molecular flexibility index (Phi) is 3.91. The highest BCUT2D eigenvalue weighted by Crippen LogP contribution is 2.29. The van der Waals surface area contributed by atoms with Crippen LogP contribution >= 0.6 is 11.3 Å². The molecule has 2 rings (SSSR count). The van der Waals surface area contributed by atoms with Gasteiger partial charge < -0.3 is 0 Å². The second kappa shape index (κ2) is 5.30. The molecule has 0 unspecified atom stereocenters. The van der Waals surface area contributed by atoms with Crippen LogP contribution in [0.4, 0.5) is 10.1 Å². The number of thiophene rings is 1. The number of halogens is 1. The topological polar surface area (TPSA) is 37.4 Å². The van der Waals surface area contributed by atoms with Crippen LogP contribution in [0.2, 0.25) is 0 Å². The maximum absolute atomic E-state index is 13.0. The van der Waals surface area contributed by atoms with E-state index in [1.165, 1.54) is 16.4 Å². The molecule has 2 aromatic rings. The van der Waals surface area contributed by atoms with Gasteiger partial charge in [0.25, 0.3) is 10.0 Å². The average molecular weight is 299 g/mol. The van der Waals surface area contributed by atoms with E-state index < -0.39 is 15.2 Å². The number of hydrogen-bond donors (Lipinski definition) is 0. The van der Waals surface area contributed by atoms with Crippen LogP contribution in [0.5, 0.6) is 0 Å². The molecular formula is C13H14FNO2S2. The van der Waals surface area contributed by atoms with Gasteiger partial charge in [0, 0.05) is 6.54 Å². The van der Waals surface area contributed by atoms with Crippen LogP contribution in [-0.2, 0) is 10.0 Å². The number of nitrogens with zero attached hydrogens (tertiary/aromatic N) is 1. The third-order valence-corrected chi connectivity index (χ3v) is 5.99. The fraction of sp³-hybridized carbons (Fsp3) is 0.231. The Bertz CT molecular complexity index is 679. The predicted octanol–water partition coefficient (Wildman–Crippen LogP) is 3.41. The summed E-state index contributed by atoms with van der Waals surface area (Å²) >= 11 is 0.643. The molecule has 0 saturated carbocycles. The van der Waals surface area contributed by atoms with Crippen molar-refractivity contribution in [3.05, 3.63) is 47.1 Å². The molecule has 0 radical (unpaired) electrons. The standard InChI is InChI=1S/C13H14FNO2S2/c1-3-15(11-7-5-4-6-10(11)2)19(16,17)13-9-8-12(14)18-13/h4-9H,3H2,1-2H3. The van der Waals surface area contributed by atoms with Gasteiger partial charge in [-0.1, -0.05) is 29.5 Å². The molecule has 1 aromatic carbocycles. The first-order chi connectivity index (χ1) is 8.96. The van der Waals surface area contributed by atoms with Crippen LogP contribution in [0, 0.1) is 12.1 Å². The lowest BCUT2D eigenvalue weighted by atomic mass is 10.2. The maximum Gasteiger partial charge on any atom is 0.273 e. The van der Waals surface area contributed by atoms with E-state index in [2.05, 4.69) is 0 Å². The maximum atomic E-state index is 13.0. The molecule has 1 aromatic heterocycles. The van der Waals surface area contributed by atoms with Crippen molar-refractivity contribution < 1.29 is 12.8 Å². The third-order valence-electron chi connectivity index (χ3n) is 2.76. The minimum Gasteiger partial charge on any atom is -0.266 e. The molecule has 0 fully saturated rings. The van der Waals surface area contributed by atoms with E-state index in [9.17, 15) is 12.8 Å². The largest absolute Gasteiger partial charge is 0.273 e. The summed E-state index contributed by atoms with van der Waals surface area (Å²) in [4.78, 5) is 0. The van der Waals surface area contributed by atoms with Crippen molar-refractivity contribution in [3.63, 3.8) is 0 Å². The van der Waals surface area contributed by atoms with Crippen LogP contribution in [-0.4, -0.2) is 15.0 Å². The van der Waals surface area contributed by atoms with Crippen LogP contribution in [0.1, 0.15) is 12.5 Å². The number of rotatable bonds is 4. The number of hydrogen-bond acceptors (Lipinski definition) is 3. The van der Waals surface area contributed by atoms with Crippen LogP contribution in [0.3, 0.4) is 0 Å². The zero-order valence-electron chi connectivity index (χ0n) is 10.6. The molecule has 1 heterocycles. The molecule has 19 heavy (non-hydrogen) atoms. The molecule has 0 bridgehead atoms. The molecular weight excluding hydrogens is 285 g/mol. The van der Waals surface area contributed by atoms with Gasteiger partial charge in [-0.25, -0.2) is 8.42 Å². The SMILES string of the molecule is CCN(c1ccccc1C)S(=O)(=O)c1ccc(F)s1. The van der Waals surface area contributed by atoms with E-state index in [1.807, 2.05) is 19.1 Å². The Hall–Kier alpha value is -1.40. The summed E-state index contributed by atoms with van der Waals surface area (Å²) < 4.78 is 39.4. The van der Waals surface area contributed by atoms with Crippen molar-refractivity contribution in [2.45, 2.75) is 18.1 Å². The second-order valence-corrected chi connectivity index (χ2v) is 7.14. The van der Waals surface area contributed by atoms with E-state index in [0.29, 0.717) is 23.6 Å². The van der Waals surface area contributed by atoms with E-state index in [0.717, 1.165) is 5.56 Å². The minimum atomic E-state index is -3.69. The lowest BCUT2D eigenvalue weighted by Crippen LogP contribution is -2.30. The Morgan fingerprint density at radius 2 is 1.89 bits per heavy atom. The first-order valence-corrected chi connectivity index (χ1v) is 8.06. The van der Waals surface area contributed by atoms with Crippen LogP contribution in [0.25, 0.3) is 0 Å². The van der Waals surface area contributed by atoms with E-state index in [4.69, 9.17) is 0 Å². The van der Waals surface area contributed by atoms with Crippen molar-refractivity contribution in [1.29, 1.82) is 0 Å². The highest BCUT2D eigenvalue weighted by Gasteiger charge is 2.26. The molecule has 0 spiro atoms. The first kappa shape index (κ1) is 14.0. The molecule has 3 nitrogen and oxygen atoms in total. The molecule has 0 saturated heterocycles. The van der Waals surface area contributed by atoms with E-state index in [-0.39, 0.29) is 4.21 Å². The van der Waals surface area contributed by atoms with Gasteiger partial charge >= 0.3 is 0 Å². The monoisotopic (exact) mass is 299 g/mol. The molecule has 0 N–H and O–H groups in total. The van der Waals surface area contributed by atoms with Gasteiger partial charge in [-0.2, -0.15) is 4.39 Å². The highest BCUT2D eigenvalue weighted by molar-refractivity contribution is 7.94. The first-order valence-electron chi connectivity index (χ1n) is 5.80. The van der Waals surface area contributed by atoms with Crippen LogP contribution < -0.4 is 4.31 Å². The average Bonchev–Trinajstić information content (AvgIpc) is 2.80. The third kappa shape index (κ3) is 2.64. The summed E-state index contributed by atoms with van der Waals surface area (Å²) in [5, 5.41) is -0.501. The summed E-state index contributed by atoms with van der Waals surface area (Å²) in [7, 11) is -3.69. The zero-order valence-corrected chi connectivity index (χ0v) is 12.3. The molecule has 0 aliphatic heterocycles. The van der Waals surface area contributed by atoms with Gasteiger partial charge in [0.05, 0.1) is 5.69 Å². The second-order valence-electron chi connectivity index (χ2n) is 4.01. The predicted molar refractivity (Wildman–Crippen MR) is 75.7 cm³/mol. The zero-order chi connectivity index (χ0) is 14.0. The number of aryl methyl sites for hydroxylation is 1. The van der Waals surface area contributed by atoms with Crippen molar-refractivity contribution in [2.24, 2.45) is 0 Å². The minimum absolute atomic E-state index is 0.0232.